The van der Waals surface area contributed by atoms with E-state index in [0.29, 0.717) is 5.56 Å². The van der Waals surface area contributed by atoms with E-state index >= 15 is 0 Å². The van der Waals surface area contributed by atoms with Crippen LogP contribution in [0.25, 0.3) is 0 Å². The summed E-state index contributed by atoms with van der Waals surface area (Å²) in [6.45, 7) is 3.50. The minimum atomic E-state index is -1.31. The van der Waals surface area contributed by atoms with Gasteiger partial charge in [0, 0.05) is 6.54 Å². The van der Waals surface area contributed by atoms with Gasteiger partial charge in [0.2, 0.25) is 0 Å². The number of rotatable bonds is 5. The molecule has 0 saturated heterocycles. The first-order valence-corrected chi connectivity index (χ1v) is 5.63. The summed E-state index contributed by atoms with van der Waals surface area (Å²) in [6.07, 6.45) is 0. The average Bonchev–Trinajstić information content (AvgIpc) is 2.35. The molecule has 0 amide bonds. The van der Waals surface area contributed by atoms with Crippen molar-refractivity contribution in [3.8, 4) is 0 Å². The molecule has 104 valence electrons. The fraction of sp³-hybridized carbons (Fsp3) is 0.385. The first-order chi connectivity index (χ1) is 8.77. The van der Waals surface area contributed by atoms with Gasteiger partial charge in [-0.15, -0.1) is 0 Å². The smallest absolute Gasteiger partial charge is 0.338 e. The second-order valence-electron chi connectivity index (χ2n) is 4.59. The largest absolute Gasteiger partial charge is 0.478 e. The van der Waals surface area contributed by atoms with Crippen molar-refractivity contribution in [2.75, 3.05) is 7.11 Å². The molecule has 0 aliphatic heterocycles. The van der Waals surface area contributed by atoms with Crippen LogP contribution in [0, 0.1) is 5.82 Å². The molecular formula is C13H16FNO4. The van der Waals surface area contributed by atoms with E-state index in [0.717, 1.165) is 6.07 Å². The molecule has 0 aliphatic carbocycles. The van der Waals surface area contributed by atoms with Crippen molar-refractivity contribution in [2.45, 2.75) is 25.9 Å². The highest BCUT2D eigenvalue weighted by Gasteiger charge is 2.27. The fourth-order valence-corrected chi connectivity index (χ4v) is 1.49. The summed E-state index contributed by atoms with van der Waals surface area (Å²) < 4.78 is 18.1. The van der Waals surface area contributed by atoms with Gasteiger partial charge in [0.25, 0.3) is 0 Å². The molecule has 0 atom stereocenters. The second kappa shape index (κ2) is 5.79. The number of aromatic carboxylic acids is 1. The average molecular weight is 269 g/mol. The molecule has 2 N–H and O–H groups in total. The number of benzene rings is 1. The van der Waals surface area contributed by atoms with Gasteiger partial charge >= 0.3 is 11.9 Å². The van der Waals surface area contributed by atoms with Crippen LogP contribution in [0.2, 0.25) is 0 Å². The van der Waals surface area contributed by atoms with E-state index in [4.69, 9.17) is 5.11 Å². The lowest BCUT2D eigenvalue weighted by Crippen LogP contribution is -2.46. The molecule has 0 saturated carbocycles. The predicted octanol–water partition coefficient (Wildman–Crippen LogP) is 1.57. The van der Waals surface area contributed by atoms with Gasteiger partial charge in [0.05, 0.1) is 12.7 Å². The number of nitrogens with one attached hydrogen (secondary N) is 1. The first-order valence-electron chi connectivity index (χ1n) is 5.63. The van der Waals surface area contributed by atoms with Crippen molar-refractivity contribution >= 4 is 11.9 Å². The molecule has 1 aromatic rings. The van der Waals surface area contributed by atoms with Crippen molar-refractivity contribution in [2.24, 2.45) is 0 Å². The van der Waals surface area contributed by atoms with E-state index in [-0.39, 0.29) is 12.1 Å². The molecule has 1 aromatic carbocycles. The molecule has 0 spiro atoms. The fourth-order valence-electron chi connectivity index (χ4n) is 1.49. The van der Waals surface area contributed by atoms with Crippen LogP contribution in [0.4, 0.5) is 4.39 Å². The van der Waals surface area contributed by atoms with Gasteiger partial charge in [-0.05, 0) is 31.5 Å². The zero-order valence-corrected chi connectivity index (χ0v) is 11.0. The third-order valence-electron chi connectivity index (χ3n) is 2.69. The quantitative estimate of drug-likeness (QED) is 0.793. The van der Waals surface area contributed by atoms with Crippen molar-refractivity contribution in [1.29, 1.82) is 0 Å². The Morgan fingerprint density at radius 3 is 2.53 bits per heavy atom. The highest BCUT2D eigenvalue weighted by molar-refractivity contribution is 5.87. The third-order valence-corrected chi connectivity index (χ3v) is 2.69. The number of carbonyl (C=O) groups is 2. The molecule has 0 bridgehead atoms. The van der Waals surface area contributed by atoms with Crippen LogP contribution >= 0.6 is 0 Å². The molecule has 0 radical (unpaired) electrons. The molecule has 0 unspecified atom stereocenters. The van der Waals surface area contributed by atoms with Crippen LogP contribution < -0.4 is 5.32 Å². The van der Waals surface area contributed by atoms with Crippen LogP contribution in [-0.2, 0) is 16.1 Å². The summed E-state index contributed by atoms with van der Waals surface area (Å²) in [6, 6.07) is 3.82. The molecule has 6 heteroatoms. The van der Waals surface area contributed by atoms with Gasteiger partial charge in [-0.25, -0.2) is 9.18 Å². The Balaban J connectivity index is 2.77. The van der Waals surface area contributed by atoms with Gasteiger partial charge in [-0.1, -0.05) is 6.07 Å². The molecule has 19 heavy (non-hydrogen) atoms. The third kappa shape index (κ3) is 3.75. The van der Waals surface area contributed by atoms with E-state index in [2.05, 4.69) is 10.1 Å². The number of halogens is 1. The Kier molecular flexibility index (Phi) is 4.61. The molecule has 5 nitrogen and oxygen atoms in total. The predicted molar refractivity (Wildman–Crippen MR) is 66.3 cm³/mol. The molecule has 1 rings (SSSR count). The number of hydrogen-bond donors (Lipinski definition) is 2. The van der Waals surface area contributed by atoms with E-state index in [1.807, 2.05) is 0 Å². The summed E-state index contributed by atoms with van der Waals surface area (Å²) in [5.74, 6) is -2.55. The Hall–Kier alpha value is -1.95. The van der Waals surface area contributed by atoms with Crippen LogP contribution in [0.5, 0.6) is 0 Å². The Labute approximate surface area is 110 Å². The highest BCUT2D eigenvalue weighted by Crippen LogP contribution is 2.12. The van der Waals surface area contributed by atoms with Crippen molar-refractivity contribution in [3.05, 3.63) is 35.1 Å². The summed E-state index contributed by atoms with van der Waals surface area (Å²) in [4.78, 5) is 22.1. The maximum atomic E-state index is 13.4. The van der Waals surface area contributed by atoms with Gasteiger partial charge < -0.3 is 9.84 Å². The van der Waals surface area contributed by atoms with Crippen LogP contribution in [0.3, 0.4) is 0 Å². The number of carboxylic acid groups (broad SMARTS) is 1. The highest BCUT2D eigenvalue weighted by atomic mass is 19.1. The molecular weight excluding hydrogens is 253 g/mol. The maximum Gasteiger partial charge on any atom is 0.338 e. The van der Waals surface area contributed by atoms with Crippen LogP contribution in [0.15, 0.2) is 18.2 Å². The van der Waals surface area contributed by atoms with Gasteiger partial charge in [-0.2, -0.15) is 0 Å². The summed E-state index contributed by atoms with van der Waals surface area (Å²) in [5.41, 5.74) is -0.744. The van der Waals surface area contributed by atoms with E-state index in [9.17, 15) is 14.0 Å². The number of ether oxygens (including phenoxy) is 1. The van der Waals surface area contributed by atoms with E-state index in [1.54, 1.807) is 13.8 Å². The van der Waals surface area contributed by atoms with Gasteiger partial charge in [0.1, 0.15) is 11.4 Å². The van der Waals surface area contributed by atoms with Crippen molar-refractivity contribution < 1.29 is 23.8 Å². The maximum absolute atomic E-state index is 13.4. The summed E-state index contributed by atoms with van der Waals surface area (Å²) in [7, 11) is 1.28. The van der Waals surface area contributed by atoms with Crippen LogP contribution in [0.1, 0.15) is 29.8 Å². The van der Waals surface area contributed by atoms with Crippen molar-refractivity contribution in [3.63, 3.8) is 0 Å². The lowest BCUT2D eigenvalue weighted by molar-refractivity contribution is -0.147. The lowest BCUT2D eigenvalue weighted by Gasteiger charge is -2.23. The number of methoxy groups -OCH3 is 1. The number of esters is 1. The molecule has 0 aliphatic rings. The Bertz CT molecular complexity index is 499. The van der Waals surface area contributed by atoms with E-state index < -0.39 is 23.3 Å². The monoisotopic (exact) mass is 269 g/mol. The van der Waals surface area contributed by atoms with E-state index in [1.165, 1.54) is 19.2 Å². The molecule has 0 heterocycles. The zero-order valence-electron chi connectivity index (χ0n) is 11.0. The minimum absolute atomic E-state index is 0.221. The Morgan fingerprint density at radius 1 is 1.42 bits per heavy atom. The zero-order chi connectivity index (χ0) is 14.6. The summed E-state index contributed by atoms with van der Waals surface area (Å²) in [5, 5.41) is 11.6. The van der Waals surface area contributed by atoms with Crippen LogP contribution in [-0.4, -0.2) is 29.7 Å². The second-order valence-corrected chi connectivity index (χ2v) is 4.59. The molecule has 0 aromatic heterocycles. The first kappa shape index (κ1) is 15.1. The summed E-state index contributed by atoms with van der Waals surface area (Å²) >= 11 is 0. The Morgan fingerprint density at radius 2 is 2.05 bits per heavy atom. The van der Waals surface area contributed by atoms with Gasteiger partial charge in [0.15, 0.2) is 0 Å². The minimum Gasteiger partial charge on any atom is -0.478 e. The normalized spacial score (nSPS) is 11.2. The number of hydrogen-bond acceptors (Lipinski definition) is 4. The topological polar surface area (TPSA) is 75.6 Å². The number of carbonyl (C=O) groups excluding carboxylic acids is 1. The van der Waals surface area contributed by atoms with Gasteiger partial charge in [-0.3, -0.25) is 10.1 Å². The lowest BCUT2D eigenvalue weighted by atomic mass is 10.0. The standard InChI is InChI=1S/C13H16FNO4/c1-13(2,12(18)19-3)15-7-8-4-5-9(11(16)17)10(14)6-8/h4-6,15H,7H2,1-3H3,(H,16,17). The molecule has 0 fully saturated rings. The SMILES string of the molecule is COC(=O)C(C)(C)NCc1ccc(C(=O)O)c(F)c1. The number of carboxylic acids is 1. The van der Waals surface area contributed by atoms with Crippen molar-refractivity contribution in [1.82, 2.24) is 5.32 Å².